The van der Waals surface area contributed by atoms with Crippen LogP contribution in [0.4, 0.5) is 0 Å². The van der Waals surface area contributed by atoms with Crippen molar-refractivity contribution in [1.29, 1.82) is 0 Å². The van der Waals surface area contributed by atoms with Gasteiger partial charge in [0.1, 0.15) is 0 Å². The van der Waals surface area contributed by atoms with Crippen molar-refractivity contribution in [2.45, 2.75) is 47.0 Å². The van der Waals surface area contributed by atoms with Gasteiger partial charge < -0.3 is 0 Å². The lowest BCUT2D eigenvalue weighted by molar-refractivity contribution is 0.0913. The Bertz CT molecular complexity index is 444. The molecule has 0 saturated carbocycles. The van der Waals surface area contributed by atoms with Crippen molar-refractivity contribution in [2.24, 2.45) is 11.8 Å². The minimum absolute atomic E-state index is 0.0125. The molecule has 19 heavy (non-hydrogen) atoms. The highest BCUT2D eigenvalue weighted by molar-refractivity contribution is 6.02. The Hall–Kier alpha value is -1.44. The molecule has 0 spiro atoms. The molecule has 1 atom stereocenters. The molecule has 1 aromatic carbocycles. The summed E-state index contributed by atoms with van der Waals surface area (Å²) in [5.74, 6) is 0.359. The quantitative estimate of drug-likeness (QED) is 0.675. The maximum Gasteiger partial charge on any atom is 0.165 e. The Morgan fingerprint density at radius 1 is 0.947 bits per heavy atom. The summed E-state index contributed by atoms with van der Waals surface area (Å²) in [6, 6.07) is 7.19. The summed E-state index contributed by atoms with van der Waals surface area (Å²) in [5.41, 5.74) is 1.33. The molecule has 2 nitrogen and oxygen atoms in total. The van der Waals surface area contributed by atoms with E-state index in [4.69, 9.17) is 0 Å². The first-order valence-electron chi connectivity index (χ1n) is 7.23. The molecule has 0 aliphatic rings. The van der Waals surface area contributed by atoms with Crippen molar-refractivity contribution in [3.63, 3.8) is 0 Å². The van der Waals surface area contributed by atoms with Crippen LogP contribution in [0.5, 0.6) is 0 Å². The normalized spacial score (nSPS) is 12.5. The Balaban J connectivity index is 3.00. The SMILES string of the molecule is CCC(C)C(=O)c1cccc(C(=O)C(CC)CC)c1. The molecule has 0 fully saturated rings. The van der Waals surface area contributed by atoms with Crippen molar-refractivity contribution in [3.8, 4) is 0 Å². The molecule has 0 aliphatic carbocycles. The second-order valence-electron chi connectivity index (χ2n) is 5.13. The van der Waals surface area contributed by atoms with Crippen molar-refractivity contribution < 1.29 is 9.59 Å². The van der Waals surface area contributed by atoms with Gasteiger partial charge in [0.2, 0.25) is 0 Å². The predicted octanol–water partition coefficient (Wildman–Crippen LogP) is 4.53. The summed E-state index contributed by atoms with van der Waals surface area (Å²) in [5, 5.41) is 0. The lowest BCUT2D eigenvalue weighted by atomic mass is 9.90. The van der Waals surface area contributed by atoms with Crippen molar-refractivity contribution in [2.75, 3.05) is 0 Å². The van der Waals surface area contributed by atoms with Crippen LogP contribution in [0.2, 0.25) is 0 Å². The largest absolute Gasteiger partial charge is 0.294 e. The van der Waals surface area contributed by atoms with Crippen LogP contribution < -0.4 is 0 Å². The minimum Gasteiger partial charge on any atom is -0.294 e. The number of benzene rings is 1. The predicted molar refractivity (Wildman–Crippen MR) is 78.6 cm³/mol. The summed E-state index contributed by atoms with van der Waals surface area (Å²) in [4.78, 5) is 24.5. The number of ketones is 2. The summed E-state index contributed by atoms with van der Waals surface area (Å²) in [6.45, 7) is 7.99. The third-order valence-electron chi connectivity index (χ3n) is 3.85. The topological polar surface area (TPSA) is 34.1 Å². The first-order chi connectivity index (χ1) is 9.04. The molecule has 2 heteroatoms. The van der Waals surface area contributed by atoms with E-state index in [2.05, 4.69) is 0 Å². The van der Waals surface area contributed by atoms with Crippen molar-refractivity contribution in [1.82, 2.24) is 0 Å². The fourth-order valence-electron chi connectivity index (χ4n) is 2.19. The average Bonchev–Trinajstić information content (AvgIpc) is 2.46. The lowest BCUT2D eigenvalue weighted by Gasteiger charge is -2.12. The van der Waals surface area contributed by atoms with Crippen LogP contribution in [0.15, 0.2) is 24.3 Å². The Kier molecular flexibility index (Phi) is 5.94. The molecule has 0 radical (unpaired) electrons. The van der Waals surface area contributed by atoms with Gasteiger partial charge in [-0.1, -0.05) is 45.9 Å². The fraction of sp³-hybridized carbons (Fsp3) is 0.529. The number of hydrogen-bond acceptors (Lipinski definition) is 2. The smallest absolute Gasteiger partial charge is 0.165 e. The van der Waals surface area contributed by atoms with E-state index in [0.717, 1.165) is 19.3 Å². The standard InChI is InChI=1S/C17H24O2/c1-5-12(4)16(18)14-9-8-10-15(11-14)17(19)13(6-2)7-3/h8-13H,5-7H2,1-4H3. The lowest BCUT2D eigenvalue weighted by Crippen LogP contribution is -2.15. The molecule has 104 valence electrons. The molecule has 0 aliphatic heterocycles. The van der Waals surface area contributed by atoms with E-state index in [-0.39, 0.29) is 23.4 Å². The van der Waals surface area contributed by atoms with Crippen LogP contribution in [0.1, 0.15) is 67.7 Å². The number of Topliss-reactive ketones (excluding diaryl/α,β-unsaturated/α-hetero) is 2. The van der Waals surface area contributed by atoms with Crippen molar-refractivity contribution >= 4 is 11.6 Å². The molecular formula is C17H24O2. The summed E-state index contributed by atoms with van der Waals surface area (Å²) in [6.07, 6.45) is 2.52. The Morgan fingerprint density at radius 3 is 1.95 bits per heavy atom. The summed E-state index contributed by atoms with van der Waals surface area (Å²) in [7, 11) is 0. The van der Waals surface area contributed by atoms with E-state index in [1.807, 2.05) is 39.8 Å². The second kappa shape index (κ2) is 7.22. The van der Waals surface area contributed by atoms with Gasteiger partial charge in [0.15, 0.2) is 11.6 Å². The zero-order valence-electron chi connectivity index (χ0n) is 12.4. The molecule has 0 saturated heterocycles. The average molecular weight is 260 g/mol. The van der Waals surface area contributed by atoms with Crippen LogP contribution in [0, 0.1) is 11.8 Å². The first-order valence-corrected chi connectivity index (χ1v) is 7.23. The van der Waals surface area contributed by atoms with Crippen LogP contribution in [0.3, 0.4) is 0 Å². The minimum atomic E-state index is 0.0125. The molecule has 1 rings (SSSR count). The van der Waals surface area contributed by atoms with Gasteiger partial charge in [-0.2, -0.15) is 0 Å². The molecule has 0 heterocycles. The number of carbonyl (C=O) groups is 2. The molecular weight excluding hydrogens is 236 g/mol. The highest BCUT2D eigenvalue weighted by Gasteiger charge is 2.19. The van der Waals surface area contributed by atoms with Gasteiger partial charge in [-0.3, -0.25) is 9.59 Å². The second-order valence-corrected chi connectivity index (χ2v) is 5.13. The fourth-order valence-corrected chi connectivity index (χ4v) is 2.19. The van der Waals surface area contributed by atoms with E-state index < -0.39 is 0 Å². The van der Waals surface area contributed by atoms with Crippen molar-refractivity contribution in [3.05, 3.63) is 35.4 Å². The molecule has 0 N–H and O–H groups in total. The molecule has 0 aromatic heterocycles. The zero-order valence-corrected chi connectivity index (χ0v) is 12.4. The highest BCUT2D eigenvalue weighted by atomic mass is 16.1. The van der Waals surface area contributed by atoms with E-state index >= 15 is 0 Å². The monoisotopic (exact) mass is 260 g/mol. The van der Waals surface area contributed by atoms with E-state index in [1.54, 1.807) is 12.1 Å². The zero-order chi connectivity index (χ0) is 14.4. The number of carbonyl (C=O) groups excluding carboxylic acids is 2. The highest BCUT2D eigenvalue weighted by Crippen LogP contribution is 2.19. The molecule has 0 bridgehead atoms. The van der Waals surface area contributed by atoms with Gasteiger partial charge in [0, 0.05) is 23.0 Å². The molecule has 1 unspecified atom stereocenters. The third kappa shape index (κ3) is 3.76. The number of rotatable bonds is 7. The van der Waals surface area contributed by atoms with Gasteiger partial charge in [0.05, 0.1) is 0 Å². The van der Waals surface area contributed by atoms with Gasteiger partial charge >= 0.3 is 0 Å². The Morgan fingerprint density at radius 2 is 1.47 bits per heavy atom. The van der Waals surface area contributed by atoms with Gasteiger partial charge in [-0.15, -0.1) is 0 Å². The number of hydrogen-bond donors (Lipinski definition) is 0. The molecule has 1 aromatic rings. The maximum absolute atomic E-state index is 12.3. The third-order valence-corrected chi connectivity index (χ3v) is 3.85. The Labute approximate surface area is 116 Å². The van der Waals surface area contributed by atoms with E-state index in [1.165, 1.54) is 0 Å². The van der Waals surface area contributed by atoms with E-state index in [9.17, 15) is 9.59 Å². The first kappa shape index (κ1) is 15.6. The van der Waals surface area contributed by atoms with Crippen LogP contribution >= 0.6 is 0 Å². The molecule has 0 amide bonds. The van der Waals surface area contributed by atoms with Gasteiger partial charge in [-0.25, -0.2) is 0 Å². The van der Waals surface area contributed by atoms with Crippen LogP contribution in [0.25, 0.3) is 0 Å². The van der Waals surface area contributed by atoms with E-state index in [0.29, 0.717) is 11.1 Å². The van der Waals surface area contributed by atoms with Gasteiger partial charge in [-0.05, 0) is 25.3 Å². The maximum atomic E-state index is 12.3. The van der Waals surface area contributed by atoms with Gasteiger partial charge in [0.25, 0.3) is 0 Å². The van der Waals surface area contributed by atoms with Crippen LogP contribution in [-0.4, -0.2) is 11.6 Å². The van der Waals surface area contributed by atoms with Crippen LogP contribution in [-0.2, 0) is 0 Å². The summed E-state index contributed by atoms with van der Waals surface area (Å²) >= 11 is 0. The summed E-state index contributed by atoms with van der Waals surface area (Å²) < 4.78 is 0.